The van der Waals surface area contributed by atoms with Crippen molar-refractivity contribution in [1.29, 1.82) is 0 Å². The fraction of sp³-hybridized carbons (Fsp3) is 0.118. The third kappa shape index (κ3) is 2.35. The lowest BCUT2D eigenvalue weighted by molar-refractivity contribution is 0.866. The molecule has 0 spiro atoms. The van der Waals surface area contributed by atoms with Crippen LogP contribution in [-0.2, 0) is 0 Å². The average molecular weight is 327 g/mol. The van der Waals surface area contributed by atoms with Crippen molar-refractivity contribution in [3.8, 4) is 0 Å². The van der Waals surface area contributed by atoms with Crippen LogP contribution in [0.15, 0.2) is 59.2 Å². The summed E-state index contributed by atoms with van der Waals surface area (Å²) in [6.07, 6.45) is 1.81. The average Bonchev–Trinajstić information content (AvgIpc) is 2.48. The first-order valence-electron chi connectivity index (χ1n) is 6.52. The molecule has 0 aliphatic heterocycles. The third-order valence-corrected chi connectivity index (χ3v) is 4.07. The lowest BCUT2D eigenvalue weighted by Crippen LogP contribution is -2.14. The minimum absolute atomic E-state index is 0.175. The van der Waals surface area contributed by atoms with Gasteiger partial charge < -0.3 is 5.73 Å². The van der Waals surface area contributed by atoms with E-state index in [9.17, 15) is 0 Å². The first-order chi connectivity index (χ1) is 9.66. The summed E-state index contributed by atoms with van der Waals surface area (Å²) in [5.74, 6) is 0. The van der Waals surface area contributed by atoms with E-state index in [0.717, 1.165) is 26.5 Å². The van der Waals surface area contributed by atoms with Crippen LogP contribution in [0.2, 0.25) is 0 Å². The first kappa shape index (κ1) is 13.3. The van der Waals surface area contributed by atoms with E-state index in [0.29, 0.717) is 0 Å². The maximum atomic E-state index is 6.49. The summed E-state index contributed by atoms with van der Waals surface area (Å²) in [7, 11) is 0. The van der Waals surface area contributed by atoms with Gasteiger partial charge in [-0.1, -0.05) is 46.3 Å². The number of nitrogens with two attached hydrogens (primary N) is 1. The molecule has 0 amide bonds. The van der Waals surface area contributed by atoms with Crippen molar-refractivity contribution in [1.82, 2.24) is 4.98 Å². The zero-order chi connectivity index (χ0) is 14.1. The molecule has 0 bridgehead atoms. The van der Waals surface area contributed by atoms with E-state index in [1.54, 1.807) is 0 Å². The van der Waals surface area contributed by atoms with Gasteiger partial charge in [-0.2, -0.15) is 0 Å². The molecule has 1 aromatic heterocycles. The molecule has 1 heterocycles. The van der Waals surface area contributed by atoms with E-state index in [-0.39, 0.29) is 6.04 Å². The van der Waals surface area contributed by atoms with Crippen molar-refractivity contribution in [3.05, 3.63) is 75.9 Å². The summed E-state index contributed by atoms with van der Waals surface area (Å²) in [5.41, 5.74) is 10.8. The quantitative estimate of drug-likeness (QED) is 0.760. The monoisotopic (exact) mass is 326 g/mol. The number of para-hydroxylation sites is 1. The molecule has 1 unspecified atom stereocenters. The Kier molecular flexibility index (Phi) is 3.55. The Morgan fingerprint density at radius 3 is 2.70 bits per heavy atom. The molecule has 0 saturated carbocycles. The van der Waals surface area contributed by atoms with Crippen molar-refractivity contribution in [2.45, 2.75) is 13.0 Å². The highest BCUT2D eigenvalue weighted by Crippen LogP contribution is 2.29. The number of aryl methyl sites for hydroxylation is 1. The van der Waals surface area contributed by atoms with Crippen LogP contribution in [0.25, 0.3) is 10.9 Å². The van der Waals surface area contributed by atoms with Crippen LogP contribution in [0, 0.1) is 6.92 Å². The Balaban J connectivity index is 2.17. The number of pyridine rings is 1. The van der Waals surface area contributed by atoms with Crippen LogP contribution in [0.1, 0.15) is 22.7 Å². The Hall–Kier alpha value is -1.71. The predicted molar refractivity (Wildman–Crippen MR) is 86.7 cm³/mol. The summed E-state index contributed by atoms with van der Waals surface area (Å²) in [4.78, 5) is 4.49. The van der Waals surface area contributed by atoms with Crippen LogP contribution >= 0.6 is 15.9 Å². The van der Waals surface area contributed by atoms with Gasteiger partial charge in [0, 0.05) is 16.1 Å². The summed E-state index contributed by atoms with van der Waals surface area (Å²) in [6.45, 7) is 2.08. The van der Waals surface area contributed by atoms with E-state index in [1.165, 1.54) is 5.56 Å². The lowest BCUT2D eigenvalue weighted by atomic mass is 9.94. The summed E-state index contributed by atoms with van der Waals surface area (Å²) in [6, 6.07) is 16.2. The molecule has 1 atom stereocenters. The molecule has 100 valence electrons. The maximum absolute atomic E-state index is 6.49. The SMILES string of the molecule is Cc1ccc(Br)cc1C(N)c1cccc2cccnc12. The van der Waals surface area contributed by atoms with Gasteiger partial charge in [0.1, 0.15) is 0 Å². The van der Waals surface area contributed by atoms with Crippen LogP contribution in [-0.4, -0.2) is 4.98 Å². The van der Waals surface area contributed by atoms with Gasteiger partial charge in [-0.15, -0.1) is 0 Å². The topological polar surface area (TPSA) is 38.9 Å². The molecular formula is C17H15BrN2. The normalized spacial score (nSPS) is 12.6. The van der Waals surface area contributed by atoms with E-state index in [1.807, 2.05) is 24.4 Å². The minimum atomic E-state index is -0.175. The Labute approximate surface area is 126 Å². The van der Waals surface area contributed by atoms with Crippen molar-refractivity contribution < 1.29 is 0 Å². The lowest BCUT2D eigenvalue weighted by Gasteiger charge is -2.17. The number of nitrogens with zero attached hydrogens (tertiary/aromatic N) is 1. The van der Waals surface area contributed by atoms with Crippen molar-refractivity contribution >= 4 is 26.8 Å². The Morgan fingerprint density at radius 1 is 1.05 bits per heavy atom. The van der Waals surface area contributed by atoms with E-state index >= 15 is 0 Å². The predicted octanol–water partition coefficient (Wildman–Crippen LogP) is 4.35. The van der Waals surface area contributed by atoms with Crippen LogP contribution in [0.3, 0.4) is 0 Å². The van der Waals surface area contributed by atoms with Gasteiger partial charge in [-0.3, -0.25) is 4.98 Å². The summed E-state index contributed by atoms with van der Waals surface area (Å²) in [5, 5.41) is 1.12. The fourth-order valence-corrected chi connectivity index (χ4v) is 2.87. The zero-order valence-corrected chi connectivity index (χ0v) is 12.8. The molecule has 0 aliphatic carbocycles. The fourth-order valence-electron chi connectivity index (χ4n) is 2.49. The number of halogens is 1. The van der Waals surface area contributed by atoms with E-state index in [4.69, 9.17) is 5.73 Å². The largest absolute Gasteiger partial charge is 0.320 e. The number of hydrogen-bond donors (Lipinski definition) is 1. The highest BCUT2D eigenvalue weighted by atomic mass is 79.9. The number of benzene rings is 2. The standard InChI is InChI=1S/C17H15BrN2/c1-11-7-8-13(18)10-15(11)16(19)14-6-2-4-12-5-3-9-20-17(12)14/h2-10,16H,19H2,1H3. The number of fused-ring (bicyclic) bond motifs is 1. The molecule has 3 rings (SSSR count). The summed E-state index contributed by atoms with van der Waals surface area (Å²) < 4.78 is 1.04. The van der Waals surface area contributed by atoms with Crippen LogP contribution in [0.4, 0.5) is 0 Å². The molecular weight excluding hydrogens is 312 g/mol. The van der Waals surface area contributed by atoms with Gasteiger partial charge in [0.05, 0.1) is 11.6 Å². The van der Waals surface area contributed by atoms with E-state index in [2.05, 4.69) is 58.2 Å². The highest BCUT2D eigenvalue weighted by Gasteiger charge is 2.15. The maximum Gasteiger partial charge on any atom is 0.0753 e. The van der Waals surface area contributed by atoms with Gasteiger partial charge >= 0.3 is 0 Å². The van der Waals surface area contributed by atoms with Crippen LogP contribution < -0.4 is 5.73 Å². The molecule has 2 N–H and O–H groups in total. The summed E-state index contributed by atoms with van der Waals surface area (Å²) >= 11 is 3.52. The molecule has 0 saturated heterocycles. The van der Waals surface area contributed by atoms with Crippen molar-refractivity contribution in [2.75, 3.05) is 0 Å². The third-order valence-electron chi connectivity index (χ3n) is 3.58. The molecule has 2 nitrogen and oxygen atoms in total. The van der Waals surface area contributed by atoms with Crippen molar-refractivity contribution in [2.24, 2.45) is 5.73 Å². The number of aromatic nitrogens is 1. The van der Waals surface area contributed by atoms with Gasteiger partial charge in [-0.05, 0) is 41.8 Å². The second-order valence-electron chi connectivity index (χ2n) is 4.90. The highest BCUT2D eigenvalue weighted by molar-refractivity contribution is 9.10. The molecule has 0 radical (unpaired) electrons. The van der Waals surface area contributed by atoms with E-state index < -0.39 is 0 Å². The van der Waals surface area contributed by atoms with Crippen LogP contribution in [0.5, 0.6) is 0 Å². The number of hydrogen-bond acceptors (Lipinski definition) is 2. The molecule has 20 heavy (non-hydrogen) atoms. The Bertz CT molecular complexity index is 763. The minimum Gasteiger partial charge on any atom is -0.320 e. The first-order valence-corrected chi connectivity index (χ1v) is 7.31. The molecule has 0 aliphatic rings. The molecule has 0 fully saturated rings. The van der Waals surface area contributed by atoms with Gasteiger partial charge in [-0.25, -0.2) is 0 Å². The zero-order valence-electron chi connectivity index (χ0n) is 11.2. The molecule has 3 heteroatoms. The Morgan fingerprint density at radius 2 is 1.85 bits per heavy atom. The van der Waals surface area contributed by atoms with Crippen molar-refractivity contribution in [3.63, 3.8) is 0 Å². The second kappa shape index (κ2) is 5.35. The molecule has 3 aromatic rings. The van der Waals surface area contributed by atoms with Gasteiger partial charge in [0.15, 0.2) is 0 Å². The molecule has 2 aromatic carbocycles. The van der Waals surface area contributed by atoms with Gasteiger partial charge in [0.25, 0.3) is 0 Å². The second-order valence-corrected chi connectivity index (χ2v) is 5.82. The van der Waals surface area contributed by atoms with Gasteiger partial charge in [0.2, 0.25) is 0 Å². The smallest absolute Gasteiger partial charge is 0.0753 e. The number of rotatable bonds is 2.